The van der Waals surface area contributed by atoms with Crippen molar-refractivity contribution in [2.45, 2.75) is 38.2 Å². The van der Waals surface area contributed by atoms with Gasteiger partial charge in [-0.1, -0.05) is 0 Å². The van der Waals surface area contributed by atoms with E-state index in [0.29, 0.717) is 0 Å². The predicted octanol–water partition coefficient (Wildman–Crippen LogP) is -1.67. The van der Waals surface area contributed by atoms with E-state index in [1.807, 2.05) is 6.66 Å². The van der Waals surface area contributed by atoms with Crippen LogP contribution in [-0.2, 0) is 18.3 Å². The van der Waals surface area contributed by atoms with Crippen molar-refractivity contribution >= 4 is 10.1 Å². The molecule has 2 aliphatic rings. The summed E-state index contributed by atoms with van der Waals surface area (Å²) >= 11 is -1.52. The Labute approximate surface area is 132 Å². The first-order valence-electron chi connectivity index (χ1n) is 6.01. The third-order valence-corrected chi connectivity index (χ3v) is 42.1. The van der Waals surface area contributed by atoms with Gasteiger partial charge in [0.25, 0.3) is 0 Å². The summed E-state index contributed by atoms with van der Waals surface area (Å²) in [7, 11) is -0.708. The SMILES string of the molecule is CC1=CC[C]([Hf+2]([C]2=CC(C)=CC2)=[Ge]([CH3])[CH3])=C1.[Cl-].[Cl-]. The van der Waals surface area contributed by atoms with E-state index in [1.54, 1.807) is 0 Å². The van der Waals surface area contributed by atoms with Gasteiger partial charge >= 0.3 is 109 Å². The molecule has 0 radical (unpaired) electrons. The van der Waals surface area contributed by atoms with E-state index in [4.69, 9.17) is 0 Å². The Morgan fingerprint density at radius 2 is 1.28 bits per heavy atom. The fourth-order valence-electron chi connectivity index (χ4n) is 2.52. The summed E-state index contributed by atoms with van der Waals surface area (Å²) in [6.45, 7) is 4.52. The van der Waals surface area contributed by atoms with E-state index in [9.17, 15) is 0 Å². The van der Waals surface area contributed by atoms with Gasteiger partial charge in [0, 0.05) is 0 Å². The summed E-state index contributed by atoms with van der Waals surface area (Å²) in [5.41, 5.74) is 3.03. The van der Waals surface area contributed by atoms with Gasteiger partial charge in [0.1, 0.15) is 0 Å². The Balaban J connectivity index is 0.00000144. The molecular formula is C14H20Cl2GeHf. The van der Waals surface area contributed by atoms with Crippen molar-refractivity contribution in [2.75, 3.05) is 0 Å². The third kappa shape index (κ3) is 4.50. The Morgan fingerprint density at radius 3 is 1.50 bits per heavy atom. The normalized spacial score (nSPS) is 16.4. The first-order chi connectivity index (χ1) is 7.58. The molecule has 0 nitrogen and oxygen atoms in total. The summed E-state index contributed by atoms with van der Waals surface area (Å²) in [5, 5.41) is 0. The van der Waals surface area contributed by atoms with Crippen LogP contribution in [0.2, 0.25) is 11.5 Å². The van der Waals surface area contributed by atoms with Gasteiger partial charge in [-0.2, -0.15) is 0 Å². The molecule has 0 saturated carbocycles. The zero-order chi connectivity index (χ0) is 11.7. The van der Waals surface area contributed by atoms with Crippen LogP contribution in [0.1, 0.15) is 26.7 Å². The van der Waals surface area contributed by atoms with Crippen molar-refractivity contribution in [1.82, 2.24) is 0 Å². The average Bonchev–Trinajstić information content (AvgIpc) is 2.76. The van der Waals surface area contributed by atoms with Crippen LogP contribution < -0.4 is 24.8 Å². The van der Waals surface area contributed by atoms with Crippen LogP contribution >= 0.6 is 0 Å². The van der Waals surface area contributed by atoms with Gasteiger partial charge in [-0.05, 0) is 0 Å². The molecule has 0 aromatic rings. The molecular weight excluding hydrogens is 490 g/mol. The van der Waals surface area contributed by atoms with E-state index < -0.39 is 28.4 Å². The molecule has 0 spiro atoms. The van der Waals surface area contributed by atoms with Crippen LogP contribution in [0.15, 0.2) is 42.1 Å². The van der Waals surface area contributed by atoms with Crippen molar-refractivity contribution in [3.8, 4) is 0 Å². The standard InChI is InChI=1S/2C6H7.C2H6Ge.2ClH.Hf/c2*1-6-4-2-3-5-6;1-3-2;;;/h2*4-5H,2H2,1H3;1-2H3;2*1H;/q;;;;;+2/p-2. The van der Waals surface area contributed by atoms with Crippen LogP contribution in [0.4, 0.5) is 0 Å². The maximum absolute atomic E-state index is 2.60. The molecule has 0 N–H and O–H groups in total. The molecule has 0 unspecified atom stereocenters. The molecule has 0 heterocycles. The Hall–Kier alpha value is 0.953. The van der Waals surface area contributed by atoms with Crippen molar-refractivity contribution < 1.29 is 43.2 Å². The zero-order valence-electron chi connectivity index (χ0n) is 11.5. The topological polar surface area (TPSA) is 0 Å². The summed E-state index contributed by atoms with van der Waals surface area (Å²) in [4.78, 5) is 0. The molecule has 0 bridgehead atoms. The summed E-state index contributed by atoms with van der Waals surface area (Å²) in [6.07, 6.45) is 12.5. The molecule has 0 saturated heterocycles. The van der Waals surface area contributed by atoms with Crippen molar-refractivity contribution in [3.63, 3.8) is 0 Å². The summed E-state index contributed by atoms with van der Waals surface area (Å²) < 4.78 is 3.80. The molecule has 0 atom stereocenters. The van der Waals surface area contributed by atoms with Crippen molar-refractivity contribution in [1.29, 1.82) is 0 Å². The van der Waals surface area contributed by atoms with E-state index in [2.05, 4.69) is 49.7 Å². The smallest absolute Gasteiger partial charge is 1.00 e. The maximum atomic E-state index is 2.60. The minimum atomic E-state index is -1.52. The van der Waals surface area contributed by atoms with Gasteiger partial charge in [-0.25, -0.2) is 0 Å². The maximum Gasteiger partial charge on any atom is -1.00 e. The zero-order valence-corrected chi connectivity index (χ0v) is 18.7. The second kappa shape index (κ2) is 8.29. The molecule has 0 fully saturated rings. The fourth-order valence-corrected chi connectivity index (χ4v) is 41.5. The number of rotatable bonds is 2. The van der Waals surface area contributed by atoms with Crippen LogP contribution in [0.3, 0.4) is 0 Å². The first-order valence-corrected chi connectivity index (χ1v) is 24.2. The average molecular weight is 510 g/mol. The Kier molecular flexibility index (Phi) is 8.73. The van der Waals surface area contributed by atoms with E-state index in [1.165, 1.54) is 24.0 Å². The van der Waals surface area contributed by atoms with Gasteiger partial charge in [0.05, 0.1) is 0 Å². The number of halogens is 2. The molecule has 0 aliphatic heterocycles. The monoisotopic (exact) mass is 512 g/mol. The van der Waals surface area contributed by atoms with Gasteiger partial charge in [0.15, 0.2) is 0 Å². The van der Waals surface area contributed by atoms with E-state index in [0.717, 1.165) is 0 Å². The van der Waals surface area contributed by atoms with E-state index in [-0.39, 0.29) is 24.8 Å². The van der Waals surface area contributed by atoms with Crippen LogP contribution in [0.5, 0.6) is 0 Å². The van der Waals surface area contributed by atoms with E-state index >= 15 is 0 Å². The number of allylic oxidation sites excluding steroid dienone is 8. The number of hydrogen-bond donors (Lipinski definition) is 0. The molecule has 2 aliphatic carbocycles. The molecule has 18 heavy (non-hydrogen) atoms. The Morgan fingerprint density at radius 1 is 0.889 bits per heavy atom. The van der Waals surface area contributed by atoms with Crippen LogP contribution in [0, 0.1) is 0 Å². The van der Waals surface area contributed by atoms with Crippen LogP contribution in [0.25, 0.3) is 0 Å². The van der Waals surface area contributed by atoms with Gasteiger partial charge in [-0.15, -0.1) is 0 Å². The molecule has 0 amide bonds. The second-order valence-corrected chi connectivity index (χ2v) is 43.8. The van der Waals surface area contributed by atoms with Crippen molar-refractivity contribution in [3.05, 3.63) is 42.1 Å². The molecule has 0 aromatic carbocycles. The first kappa shape index (κ1) is 19.0. The molecule has 2 rings (SSSR count). The second-order valence-electron chi connectivity index (χ2n) is 5.02. The summed E-state index contributed by atoms with van der Waals surface area (Å²) in [5.74, 6) is 5.20. The van der Waals surface area contributed by atoms with Crippen molar-refractivity contribution in [2.24, 2.45) is 0 Å². The van der Waals surface area contributed by atoms with Gasteiger partial charge < -0.3 is 24.8 Å². The minimum Gasteiger partial charge on any atom is -1.00 e. The number of hydrogen-bond acceptors (Lipinski definition) is 0. The van der Waals surface area contributed by atoms with Gasteiger partial charge in [0.2, 0.25) is 0 Å². The molecule has 0 aromatic heterocycles. The molecule has 98 valence electrons. The fraction of sp³-hybridized carbons (Fsp3) is 0.429. The Bertz CT molecular complexity index is 440. The predicted molar refractivity (Wildman–Crippen MR) is 70.4 cm³/mol. The third-order valence-electron chi connectivity index (χ3n) is 3.23. The van der Waals surface area contributed by atoms with Gasteiger partial charge in [-0.3, -0.25) is 0 Å². The quantitative estimate of drug-likeness (QED) is 0.391. The van der Waals surface area contributed by atoms with Crippen LogP contribution in [-0.4, -0.2) is 10.1 Å². The largest absolute Gasteiger partial charge is 1.00 e. The summed E-state index contributed by atoms with van der Waals surface area (Å²) in [6, 6.07) is 0. The minimum absolute atomic E-state index is 0. The molecule has 4 heteroatoms.